The number of nitrogens with zero attached hydrogens (tertiary/aromatic N) is 6. The van der Waals surface area contributed by atoms with Crippen molar-refractivity contribution in [3.8, 4) is 16.9 Å². The van der Waals surface area contributed by atoms with Crippen molar-refractivity contribution in [1.29, 1.82) is 0 Å². The van der Waals surface area contributed by atoms with Crippen molar-refractivity contribution in [1.82, 2.24) is 29.4 Å². The standard InChI is InChI=1S/C25H23N7O2/c1-30-12-16(10-27-30)14-4-6-17-21(13-34-22(17)9-14)31(2)25(33)15-5-7-20-18(8-15)23-19(24(26)29-20)11-28-32(23)3/h4-12,21H,13H2,1-3H3,(H2,26,29)/t21-/m1/s1. The third-order valence-corrected chi connectivity index (χ3v) is 6.55. The van der Waals surface area contributed by atoms with Gasteiger partial charge in [-0.2, -0.15) is 10.2 Å². The summed E-state index contributed by atoms with van der Waals surface area (Å²) in [5.41, 5.74) is 11.3. The van der Waals surface area contributed by atoms with Gasteiger partial charge < -0.3 is 15.4 Å². The predicted octanol–water partition coefficient (Wildman–Crippen LogP) is 3.31. The molecule has 1 aliphatic rings. The number of rotatable bonds is 3. The van der Waals surface area contributed by atoms with Gasteiger partial charge in [-0.15, -0.1) is 0 Å². The van der Waals surface area contributed by atoms with E-state index in [2.05, 4.69) is 15.2 Å². The Morgan fingerprint density at radius 3 is 2.74 bits per heavy atom. The van der Waals surface area contributed by atoms with Crippen LogP contribution in [0.2, 0.25) is 0 Å². The molecule has 2 N–H and O–H groups in total. The minimum atomic E-state index is -0.178. The smallest absolute Gasteiger partial charge is 0.254 e. The number of carbonyl (C=O) groups is 1. The second-order valence-electron chi connectivity index (χ2n) is 8.66. The SMILES string of the molecule is CN(C(=O)c1ccc2nc(N)c3cnn(C)c3c2c1)[C@@H]1COc2cc(-c3cnn(C)c3)ccc21. The van der Waals surface area contributed by atoms with Crippen molar-refractivity contribution < 1.29 is 9.53 Å². The molecule has 0 saturated heterocycles. The Kier molecular flexibility index (Phi) is 4.35. The second-order valence-corrected chi connectivity index (χ2v) is 8.66. The fourth-order valence-electron chi connectivity index (χ4n) is 4.70. The maximum absolute atomic E-state index is 13.5. The van der Waals surface area contributed by atoms with Crippen LogP contribution >= 0.6 is 0 Å². The molecule has 0 fully saturated rings. The Morgan fingerprint density at radius 1 is 1.09 bits per heavy atom. The molecule has 1 amide bonds. The van der Waals surface area contributed by atoms with E-state index >= 15 is 0 Å². The average molecular weight is 454 g/mol. The van der Waals surface area contributed by atoms with Gasteiger partial charge in [-0.1, -0.05) is 12.1 Å². The molecule has 1 atom stereocenters. The quantitative estimate of drug-likeness (QED) is 0.449. The highest BCUT2D eigenvalue weighted by Crippen LogP contribution is 2.39. The first kappa shape index (κ1) is 20.2. The summed E-state index contributed by atoms with van der Waals surface area (Å²) in [7, 11) is 5.56. The molecule has 9 heteroatoms. The number of anilines is 1. The van der Waals surface area contributed by atoms with E-state index in [4.69, 9.17) is 10.5 Å². The molecule has 3 aromatic heterocycles. The molecule has 170 valence electrons. The summed E-state index contributed by atoms with van der Waals surface area (Å²) in [5, 5.41) is 10.2. The molecule has 6 rings (SSSR count). The summed E-state index contributed by atoms with van der Waals surface area (Å²) in [4.78, 5) is 19.7. The van der Waals surface area contributed by atoms with E-state index in [-0.39, 0.29) is 11.9 Å². The molecule has 34 heavy (non-hydrogen) atoms. The van der Waals surface area contributed by atoms with Gasteiger partial charge in [-0.3, -0.25) is 14.2 Å². The Morgan fingerprint density at radius 2 is 1.94 bits per heavy atom. The van der Waals surface area contributed by atoms with Crippen LogP contribution in [0.4, 0.5) is 5.82 Å². The lowest BCUT2D eigenvalue weighted by Gasteiger charge is -2.24. The monoisotopic (exact) mass is 453 g/mol. The van der Waals surface area contributed by atoms with Crippen molar-refractivity contribution in [2.75, 3.05) is 19.4 Å². The first-order chi connectivity index (χ1) is 16.4. The summed E-state index contributed by atoms with van der Waals surface area (Å²) in [6.07, 6.45) is 5.49. The number of nitrogen functional groups attached to an aromatic ring is 1. The summed E-state index contributed by atoms with van der Waals surface area (Å²) in [5.74, 6) is 1.13. The van der Waals surface area contributed by atoms with E-state index in [0.29, 0.717) is 18.0 Å². The van der Waals surface area contributed by atoms with Gasteiger partial charge in [0.1, 0.15) is 18.2 Å². The fraction of sp³-hybridized carbons (Fsp3) is 0.200. The van der Waals surface area contributed by atoms with Gasteiger partial charge in [0.15, 0.2) is 0 Å². The molecule has 0 saturated carbocycles. The molecular formula is C25H23N7O2. The maximum atomic E-state index is 13.5. The van der Waals surface area contributed by atoms with Crippen LogP contribution in [0.25, 0.3) is 32.9 Å². The predicted molar refractivity (Wildman–Crippen MR) is 129 cm³/mol. The van der Waals surface area contributed by atoms with Crippen molar-refractivity contribution in [3.05, 3.63) is 66.1 Å². The highest BCUT2D eigenvalue weighted by Gasteiger charge is 2.31. The molecule has 0 unspecified atom stereocenters. The highest BCUT2D eigenvalue weighted by atomic mass is 16.5. The van der Waals surface area contributed by atoms with Crippen LogP contribution in [0.1, 0.15) is 22.0 Å². The maximum Gasteiger partial charge on any atom is 0.254 e. The van der Waals surface area contributed by atoms with Crippen molar-refractivity contribution >= 4 is 33.5 Å². The molecule has 4 heterocycles. The zero-order valence-electron chi connectivity index (χ0n) is 19.1. The molecule has 0 radical (unpaired) electrons. The lowest BCUT2D eigenvalue weighted by atomic mass is 10.0. The largest absolute Gasteiger partial charge is 0.491 e. The lowest BCUT2D eigenvalue weighted by molar-refractivity contribution is 0.0708. The number of aromatic nitrogens is 5. The van der Waals surface area contributed by atoms with Gasteiger partial charge in [0, 0.05) is 49.4 Å². The zero-order valence-corrected chi connectivity index (χ0v) is 19.1. The molecule has 5 aromatic rings. The van der Waals surface area contributed by atoms with E-state index in [1.165, 1.54) is 0 Å². The normalized spacial score (nSPS) is 15.0. The van der Waals surface area contributed by atoms with E-state index < -0.39 is 0 Å². The summed E-state index contributed by atoms with van der Waals surface area (Å²) in [6.45, 7) is 0.408. The lowest BCUT2D eigenvalue weighted by Crippen LogP contribution is -2.32. The molecule has 0 spiro atoms. The average Bonchev–Trinajstić information content (AvgIpc) is 3.56. The van der Waals surface area contributed by atoms with E-state index in [1.807, 2.05) is 63.9 Å². The van der Waals surface area contributed by atoms with Crippen LogP contribution in [0, 0.1) is 0 Å². The summed E-state index contributed by atoms with van der Waals surface area (Å²) < 4.78 is 9.50. The number of pyridine rings is 1. The number of fused-ring (bicyclic) bond motifs is 4. The third-order valence-electron chi connectivity index (χ3n) is 6.55. The molecule has 0 bridgehead atoms. The third kappa shape index (κ3) is 3.01. The van der Waals surface area contributed by atoms with Crippen molar-refractivity contribution in [2.45, 2.75) is 6.04 Å². The number of likely N-dealkylation sites (N-methyl/N-ethyl adjacent to an activating group) is 1. The number of nitrogens with two attached hydrogens (primary N) is 1. The Hall–Kier alpha value is -4.40. The summed E-state index contributed by atoms with van der Waals surface area (Å²) in [6, 6.07) is 11.4. The topological polar surface area (TPSA) is 104 Å². The molecule has 0 aliphatic carbocycles. The fourth-order valence-corrected chi connectivity index (χ4v) is 4.70. The summed E-state index contributed by atoms with van der Waals surface area (Å²) >= 11 is 0. The van der Waals surface area contributed by atoms with Crippen molar-refractivity contribution in [2.24, 2.45) is 14.1 Å². The van der Waals surface area contributed by atoms with E-state index in [9.17, 15) is 4.79 Å². The Balaban J connectivity index is 1.34. The zero-order chi connectivity index (χ0) is 23.6. The number of amides is 1. The van der Waals surface area contributed by atoms with Crippen LogP contribution in [-0.4, -0.2) is 49.0 Å². The number of aryl methyl sites for hydroxylation is 2. The van der Waals surface area contributed by atoms with Gasteiger partial charge in [-0.25, -0.2) is 4.98 Å². The van der Waals surface area contributed by atoms with Crippen LogP contribution in [-0.2, 0) is 14.1 Å². The molecule has 2 aromatic carbocycles. The van der Waals surface area contributed by atoms with Crippen LogP contribution in [0.15, 0.2) is 55.0 Å². The van der Waals surface area contributed by atoms with Crippen molar-refractivity contribution in [3.63, 3.8) is 0 Å². The second kappa shape index (κ2) is 7.31. The number of carbonyl (C=O) groups excluding carboxylic acids is 1. The van der Waals surface area contributed by atoms with Crippen LogP contribution in [0.3, 0.4) is 0 Å². The van der Waals surface area contributed by atoms with Gasteiger partial charge >= 0.3 is 0 Å². The first-order valence-electron chi connectivity index (χ1n) is 10.9. The number of hydrogen-bond acceptors (Lipinski definition) is 6. The minimum absolute atomic E-state index is 0.0909. The molecule has 1 aliphatic heterocycles. The van der Waals surface area contributed by atoms with Crippen LogP contribution < -0.4 is 10.5 Å². The molecule has 9 nitrogen and oxygen atoms in total. The highest BCUT2D eigenvalue weighted by molar-refractivity contribution is 6.10. The number of ether oxygens (including phenoxy) is 1. The minimum Gasteiger partial charge on any atom is -0.491 e. The Bertz CT molecular complexity index is 1600. The Labute approximate surface area is 195 Å². The van der Waals surface area contributed by atoms with Crippen LogP contribution in [0.5, 0.6) is 5.75 Å². The van der Waals surface area contributed by atoms with Gasteiger partial charge in [-0.05, 0) is 29.8 Å². The van der Waals surface area contributed by atoms with E-state index in [1.54, 1.807) is 26.5 Å². The first-order valence-corrected chi connectivity index (χ1v) is 10.9. The van der Waals surface area contributed by atoms with Gasteiger partial charge in [0.2, 0.25) is 0 Å². The molecular weight excluding hydrogens is 430 g/mol. The van der Waals surface area contributed by atoms with Gasteiger partial charge in [0.25, 0.3) is 5.91 Å². The van der Waals surface area contributed by atoms with E-state index in [0.717, 1.165) is 44.2 Å². The number of hydrogen-bond donors (Lipinski definition) is 1. The van der Waals surface area contributed by atoms with Gasteiger partial charge in [0.05, 0.1) is 34.9 Å². The number of benzene rings is 2.